The summed E-state index contributed by atoms with van der Waals surface area (Å²) >= 11 is 3.46. The number of rotatable bonds is 5. The minimum atomic E-state index is 0.474. The molecule has 0 saturated carbocycles. The number of hydrogen-bond donors (Lipinski definition) is 1. The zero-order valence-electron chi connectivity index (χ0n) is 11.0. The van der Waals surface area contributed by atoms with Crippen LogP contribution < -0.4 is 5.32 Å². The molecule has 2 rings (SSSR count). The Balaban J connectivity index is 2.43. The Morgan fingerprint density at radius 3 is 2.79 bits per heavy atom. The van der Waals surface area contributed by atoms with Crippen LogP contribution in [0, 0.1) is 0 Å². The van der Waals surface area contributed by atoms with E-state index in [1.54, 1.807) is 7.11 Å². The maximum absolute atomic E-state index is 5.15. The first kappa shape index (κ1) is 14.0. The fraction of sp³-hybridized carbons (Fsp3) is 0.286. The van der Waals surface area contributed by atoms with Crippen LogP contribution in [0.15, 0.2) is 34.8 Å². The van der Waals surface area contributed by atoms with E-state index < -0.39 is 0 Å². The molecule has 0 unspecified atom stereocenters. The van der Waals surface area contributed by atoms with E-state index in [1.807, 2.05) is 37.3 Å². The Hall–Kier alpha value is -1.46. The van der Waals surface area contributed by atoms with Crippen molar-refractivity contribution in [2.45, 2.75) is 13.5 Å². The quantitative estimate of drug-likeness (QED) is 0.915. The van der Waals surface area contributed by atoms with Gasteiger partial charge in [0.1, 0.15) is 5.82 Å². The van der Waals surface area contributed by atoms with Crippen molar-refractivity contribution in [3.05, 3.63) is 40.5 Å². The molecule has 4 nitrogen and oxygen atoms in total. The van der Waals surface area contributed by atoms with Crippen LogP contribution in [0.4, 0.5) is 5.82 Å². The highest BCUT2D eigenvalue weighted by Gasteiger charge is 2.07. The molecule has 0 bridgehead atoms. The SMILES string of the molecule is CCNc1cc(COC)nc(-c2cccc(Br)c2)n1. The second-order valence-corrected chi connectivity index (χ2v) is 4.96. The zero-order valence-corrected chi connectivity index (χ0v) is 12.6. The van der Waals surface area contributed by atoms with Gasteiger partial charge in [0.2, 0.25) is 0 Å². The van der Waals surface area contributed by atoms with Gasteiger partial charge in [-0.25, -0.2) is 9.97 Å². The lowest BCUT2D eigenvalue weighted by Crippen LogP contribution is -2.04. The van der Waals surface area contributed by atoms with E-state index in [0.717, 1.165) is 28.1 Å². The van der Waals surface area contributed by atoms with E-state index in [2.05, 4.69) is 31.2 Å². The van der Waals surface area contributed by atoms with Crippen molar-refractivity contribution in [3.8, 4) is 11.4 Å². The summed E-state index contributed by atoms with van der Waals surface area (Å²) < 4.78 is 6.16. The van der Waals surface area contributed by atoms with E-state index in [1.165, 1.54) is 0 Å². The zero-order chi connectivity index (χ0) is 13.7. The molecule has 0 radical (unpaired) electrons. The topological polar surface area (TPSA) is 47.0 Å². The smallest absolute Gasteiger partial charge is 0.161 e. The van der Waals surface area contributed by atoms with Gasteiger partial charge < -0.3 is 10.1 Å². The molecule has 0 aliphatic rings. The predicted molar refractivity (Wildman–Crippen MR) is 80.0 cm³/mol. The number of anilines is 1. The standard InChI is InChI=1S/C14H16BrN3O/c1-3-16-13-8-12(9-19-2)17-14(18-13)10-5-4-6-11(15)7-10/h4-8H,3,9H2,1-2H3,(H,16,17,18). The summed E-state index contributed by atoms with van der Waals surface area (Å²) in [4.78, 5) is 9.04. The number of hydrogen-bond acceptors (Lipinski definition) is 4. The van der Waals surface area contributed by atoms with Crippen LogP contribution in [0.5, 0.6) is 0 Å². The van der Waals surface area contributed by atoms with Crippen molar-refractivity contribution in [1.82, 2.24) is 9.97 Å². The van der Waals surface area contributed by atoms with E-state index in [9.17, 15) is 0 Å². The van der Waals surface area contributed by atoms with Gasteiger partial charge in [-0.3, -0.25) is 0 Å². The van der Waals surface area contributed by atoms with Gasteiger partial charge in [-0.15, -0.1) is 0 Å². The van der Waals surface area contributed by atoms with Gasteiger partial charge in [-0.1, -0.05) is 28.1 Å². The highest BCUT2D eigenvalue weighted by molar-refractivity contribution is 9.10. The lowest BCUT2D eigenvalue weighted by molar-refractivity contribution is 0.181. The van der Waals surface area contributed by atoms with E-state index >= 15 is 0 Å². The fourth-order valence-corrected chi connectivity index (χ4v) is 2.15. The Morgan fingerprint density at radius 1 is 1.26 bits per heavy atom. The lowest BCUT2D eigenvalue weighted by atomic mass is 10.2. The maximum Gasteiger partial charge on any atom is 0.161 e. The molecule has 5 heteroatoms. The molecule has 1 aromatic heterocycles. The summed E-state index contributed by atoms with van der Waals surface area (Å²) in [6.45, 7) is 3.33. The summed E-state index contributed by atoms with van der Waals surface area (Å²) in [6, 6.07) is 9.86. The van der Waals surface area contributed by atoms with E-state index in [-0.39, 0.29) is 0 Å². The van der Waals surface area contributed by atoms with Crippen LogP contribution in [-0.2, 0) is 11.3 Å². The molecule has 1 heterocycles. The normalized spacial score (nSPS) is 10.5. The molecule has 100 valence electrons. The van der Waals surface area contributed by atoms with Crippen LogP contribution in [0.1, 0.15) is 12.6 Å². The monoisotopic (exact) mass is 321 g/mol. The molecular formula is C14H16BrN3O. The van der Waals surface area contributed by atoms with Crippen molar-refractivity contribution in [1.29, 1.82) is 0 Å². The van der Waals surface area contributed by atoms with Gasteiger partial charge in [-0.05, 0) is 19.1 Å². The summed E-state index contributed by atoms with van der Waals surface area (Å²) in [7, 11) is 1.66. The second kappa shape index (κ2) is 6.63. The van der Waals surface area contributed by atoms with Crippen LogP contribution >= 0.6 is 15.9 Å². The Kier molecular flexibility index (Phi) is 4.87. The summed E-state index contributed by atoms with van der Waals surface area (Å²) in [5.74, 6) is 1.52. The number of halogens is 1. The van der Waals surface area contributed by atoms with Crippen LogP contribution in [0.25, 0.3) is 11.4 Å². The number of methoxy groups -OCH3 is 1. The van der Waals surface area contributed by atoms with Gasteiger partial charge >= 0.3 is 0 Å². The number of benzene rings is 1. The number of nitrogens with zero attached hydrogens (tertiary/aromatic N) is 2. The molecule has 0 saturated heterocycles. The highest BCUT2D eigenvalue weighted by atomic mass is 79.9. The minimum Gasteiger partial charge on any atom is -0.378 e. The molecule has 0 fully saturated rings. The molecule has 1 N–H and O–H groups in total. The Labute approximate surface area is 121 Å². The summed E-state index contributed by atoms with van der Waals surface area (Å²) in [6.07, 6.45) is 0. The number of ether oxygens (including phenoxy) is 1. The first-order valence-corrected chi connectivity index (χ1v) is 6.89. The first-order valence-electron chi connectivity index (χ1n) is 6.09. The van der Waals surface area contributed by atoms with Gasteiger partial charge in [0, 0.05) is 29.8 Å². The van der Waals surface area contributed by atoms with Crippen LogP contribution in [0.3, 0.4) is 0 Å². The molecule has 1 aromatic carbocycles. The Bertz CT molecular complexity index is 536. The van der Waals surface area contributed by atoms with Gasteiger partial charge in [0.05, 0.1) is 12.3 Å². The predicted octanol–water partition coefficient (Wildman–Crippen LogP) is 3.48. The van der Waals surface area contributed by atoms with Gasteiger partial charge in [-0.2, -0.15) is 0 Å². The highest BCUT2D eigenvalue weighted by Crippen LogP contribution is 2.21. The molecule has 0 atom stereocenters. The van der Waals surface area contributed by atoms with Gasteiger partial charge in [0.25, 0.3) is 0 Å². The largest absolute Gasteiger partial charge is 0.378 e. The van der Waals surface area contributed by atoms with E-state index in [4.69, 9.17) is 4.74 Å². The van der Waals surface area contributed by atoms with Crippen LogP contribution in [-0.4, -0.2) is 23.6 Å². The molecule has 2 aromatic rings. The van der Waals surface area contributed by atoms with Crippen molar-refractivity contribution < 1.29 is 4.74 Å². The summed E-state index contributed by atoms with van der Waals surface area (Å²) in [5.41, 5.74) is 1.84. The van der Waals surface area contributed by atoms with Crippen molar-refractivity contribution in [3.63, 3.8) is 0 Å². The average molecular weight is 322 g/mol. The van der Waals surface area contributed by atoms with Crippen LogP contribution in [0.2, 0.25) is 0 Å². The molecule has 19 heavy (non-hydrogen) atoms. The molecule has 0 aliphatic heterocycles. The molecule has 0 aliphatic carbocycles. The van der Waals surface area contributed by atoms with Gasteiger partial charge in [0.15, 0.2) is 5.82 Å². The summed E-state index contributed by atoms with van der Waals surface area (Å²) in [5, 5.41) is 3.21. The molecule has 0 spiro atoms. The maximum atomic E-state index is 5.15. The molecule has 0 amide bonds. The number of nitrogens with one attached hydrogen (secondary N) is 1. The third-order valence-electron chi connectivity index (χ3n) is 2.51. The third-order valence-corrected chi connectivity index (χ3v) is 3.01. The Morgan fingerprint density at radius 2 is 2.11 bits per heavy atom. The minimum absolute atomic E-state index is 0.474. The van der Waals surface area contributed by atoms with E-state index in [0.29, 0.717) is 12.4 Å². The first-order chi connectivity index (χ1) is 9.22. The molecular weight excluding hydrogens is 306 g/mol. The van der Waals surface area contributed by atoms with Crippen molar-refractivity contribution in [2.24, 2.45) is 0 Å². The third kappa shape index (κ3) is 3.75. The van der Waals surface area contributed by atoms with Crippen molar-refractivity contribution >= 4 is 21.7 Å². The lowest BCUT2D eigenvalue weighted by Gasteiger charge is -2.09. The second-order valence-electron chi connectivity index (χ2n) is 4.04. The fourth-order valence-electron chi connectivity index (χ4n) is 1.75. The average Bonchev–Trinajstić information content (AvgIpc) is 2.39. The van der Waals surface area contributed by atoms with Crippen molar-refractivity contribution in [2.75, 3.05) is 19.0 Å². The number of aromatic nitrogens is 2.